The van der Waals surface area contributed by atoms with E-state index in [0.29, 0.717) is 12.3 Å². The Labute approximate surface area is 126 Å². The van der Waals surface area contributed by atoms with Crippen molar-refractivity contribution >= 4 is 28.9 Å². The molecule has 0 aliphatic carbocycles. The first-order valence-corrected chi connectivity index (χ1v) is 6.68. The molecule has 0 aromatic heterocycles. The number of carbonyl (C=O) groups is 1. The third kappa shape index (κ3) is 3.44. The molecule has 0 saturated carbocycles. The lowest BCUT2D eigenvalue weighted by atomic mass is 10.1. The second-order valence-corrected chi connectivity index (χ2v) is 4.67. The SMILES string of the molecule is CCOc1c(N)cccc1C(=O)Nc1ccc(Cl)cc1F. The van der Waals surface area contributed by atoms with E-state index in [2.05, 4.69) is 5.32 Å². The van der Waals surface area contributed by atoms with Crippen LogP contribution in [0.5, 0.6) is 5.75 Å². The Morgan fingerprint density at radius 1 is 1.38 bits per heavy atom. The van der Waals surface area contributed by atoms with Gasteiger partial charge in [-0.3, -0.25) is 4.79 Å². The molecule has 6 heteroatoms. The van der Waals surface area contributed by atoms with E-state index in [1.165, 1.54) is 12.1 Å². The molecule has 21 heavy (non-hydrogen) atoms. The van der Waals surface area contributed by atoms with Gasteiger partial charge in [-0.25, -0.2) is 4.39 Å². The van der Waals surface area contributed by atoms with E-state index in [0.717, 1.165) is 6.07 Å². The van der Waals surface area contributed by atoms with E-state index in [-0.39, 0.29) is 22.0 Å². The number of amides is 1. The molecule has 0 bridgehead atoms. The highest BCUT2D eigenvalue weighted by Gasteiger charge is 2.16. The smallest absolute Gasteiger partial charge is 0.259 e. The van der Waals surface area contributed by atoms with Crippen LogP contribution in [0.2, 0.25) is 5.02 Å². The molecule has 0 aliphatic rings. The van der Waals surface area contributed by atoms with Crippen molar-refractivity contribution in [3.05, 3.63) is 52.8 Å². The number of rotatable bonds is 4. The van der Waals surface area contributed by atoms with Gasteiger partial charge in [-0.1, -0.05) is 17.7 Å². The van der Waals surface area contributed by atoms with Gasteiger partial charge in [-0.05, 0) is 37.3 Å². The average molecular weight is 309 g/mol. The van der Waals surface area contributed by atoms with Crippen LogP contribution >= 0.6 is 11.6 Å². The van der Waals surface area contributed by atoms with E-state index < -0.39 is 11.7 Å². The third-order valence-electron chi connectivity index (χ3n) is 2.76. The van der Waals surface area contributed by atoms with Crippen molar-refractivity contribution in [3.63, 3.8) is 0 Å². The average Bonchev–Trinajstić information content (AvgIpc) is 2.44. The largest absolute Gasteiger partial charge is 0.491 e. The number of hydrogen-bond acceptors (Lipinski definition) is 3. The number of nitrogens with two attached hydrogens (primary N) is 1. The minimum absolute atomic E-state index is 0.0364. The van der Waals surface area contributed by atoms with Crippen molar-refractivity contribution in [2.45, 2.75) is 6.92 Å². The van der Waals surface area contributed by atoms with Gasteiger partial charge in [0.25, 0.3) is 5.91 Å². The fourth-order valence-corrected chi connectivity index (χ4v) is 1.98. The second kappa shape index (κ2) is 6.45. The molecule has 4 nitrogen and oxygen atoms in total. The molecular formula is C15H14ClFN2O2. The summed E-state index contributed by atoms with van der Waals surface area (Å²) < 4.78 is 19.1. The monoisotopic (exact) mass is 308 g/mol. The van der Waals surface area contributed by atoms with E-state index in [9.17, 15) is 9.18 Å². The van der Waals surface area contributed by atoms with Crippen LogP contribution in [-0.2, 0) is 0 Å². The van der Waals surface area contributed by atoms with Gasteiger partial charge in [-0.15, -0.1) is 0 Å². The normalized spacial score (nSPS) is 10.2. The number of para-hydroxylation sites is 1. The maximum atomic E-state index is 13.7. The third-order valence-corrected chi connectivity index (χ3v) is 2.99. The van der Waals surface area contributed by atoms with E-state index in [4.69, 9.17) is 22.1 Å². The van der Waals surface area contributed by atoms with E-state index in [1.807, 2.05) is 0 Å². The van der Waals surface area contributed by atoms with Crippen molar-refractivity contribution < 1.29 is 13.9 Å². The molecule has 0 unspecified atom stereocenters. The number of benzene rings is 2. The number of nitrogens with one attached hydrogen (secondary N) is 1. The summed E-state index contributed by atoms with van der Waals surface area (Å²) in [6, 6.07) is 8.82. The van der Waals surface area contributed by atoms with E-state index in [1.54, 1.807) is 25.1 Å². The minimum atomic E-state index is -0.613. The fraction of sp³-hybridized carbons (Fsp3) is 0.133. The van der Waals surface area contributed by atoms with Gasteiger partial charge < -0.3 is 15.8 Å². The molecule has 0 atom stereocenters. The van der Waals surface area contributed by atoms with Crippen molar-refractivity contribution in [1.82, 2.24) is 0 Å². The lowest BCUT2D eigenvalue weighted by molar-refractivity contribution is 0.102. The first-order valence-electron chi connectivity index (χ1n) is 6.30. The fourth-order valence-electron chi connectivity index (χ4n) is 1.82. The van der Waals surface area contributed by atoms with Gasteiger partial charge in [0.2, 0.25) is 0 Å². The molecule has 2 aromatic rings. The molecule has 0 aliphatic heterocycles. The second-order valence-electron chi connectivity index (χ2n) is 4.24. The number of halogens is 2. The summed E-state index contributed by atoms with van der Waals surface area (Å²) in [4.78, 5) is 12.3. The quantitative estimate of drug-likeness (QED) is 0.846. The molecule has 2 rings (SSSR count). The molecule has 0 saturated heterocycles. The van der Waals surface area contributed by atoms with Crippen LogP contribution < -0.4 is 15.8 Å². The Morgan fingerprint density at radius 2 is 2.14 bits per heavy atom. The van der Waals surface area contributed by atoms with Crippen LogP contribution in [0.4, 0.5) is 15.8 Å². The Balaban J connectivity index is 2.30. The highest BCUT2D eigenvalue weighted by molar-refractivity contribution is 6.30. The van der Waals surface area contributed by atoms with Crippen molar-refractivity contribution in [2.24, 2.45) is 0 Å². The van der Waals surface area contributed by atoms with Crippen LogP contribution in [0.25, 0.3) is 0 Å². The minimum Gasteiger partial charge on any atom is -0.491 e. The van der Waals surface area contributed by atoms with Crippen LogP contribution in [0.15, 0.2) is 36.4 Å². The number of hydrogen-bond donors (Lipinski definition) is 2. The summed E-state index contributed by atoms with van der Waals surface area (Å²) in [6.07, 6.45) is 0. The van der Waals surface area contributed by atoms with Crippen LogP contribution in [0, 0.1) is 5.82 Å². The van der Waals surface area contributed by atoms with Crippen LogP contribution in [0.1, 0.15) is 17.3 Å². The maximum absolute atomic E-state index is 13.7. The standard InChI is InChI=1S/C15H14ClFN2O2/c1-2-21-14-10(4-3-5-12(14)18)15(20)19-13-7-6-9(16)8-11(13)17/h3-8H,2,18H2,1H3,(H,19,20). The number of carbonyl (C=O) groups excluding carboxylic acids is 1. The molecule has 0 heterocycles. The zero-order valence-electron chi connectivity index (χ0n) is 11.3. The lowest BCUT2D eigenvalue weighted by Gasteiger charge is -2.13. The number of anilines is 2. The van der Waals surface area contributed by atoms with E-state index >= 15 is 0 Å². The van der Waals surface area contributed by atoms with Gasteiger partial charge in [0.1, 0.15) is 5.82 Å². The molecule has 110 valence electrons. The predicted octanol–water partition coefficient (Wildman–Crippen LogP) is 3.71. The number of ether oxygens (including phenoxy) is 1. The molecule has 3 N–H and O–H groups in total. The summed E-state index contributed by atoms with van der Waals surface area (Å²) >= 11 is 5.67. The molecule has 2 aromatic carbocycles. The summed E-state index contributed by atoms with van der Waals surface area (Å²) in [5, 5.41) is 2.73. The molecule has 1 amide bonds. The van der Waals surface area contributed by atoms with Gasteiger partial charge in [0.15, 0.2) is 5.75 Å². The highest BCUT2D eigenvalue weighted by Crippen LogP contribution is 2.28. The summed E-state index contributed by atoms with van der Waals surface area (Å²) in [7, 11) is 0. The van der Waals surface area contributed by atoms with Crippen LogP contribution in [0.3, 0.4) is 0 Å². The molecule has 0 spiro atoms. The first-order chi connectivity index (χ1) is 10.0. The van der Waals surface area contributed by atoms with Crippen molar-refractivity contribution in [2.75, 3.05) is 17.7 Å². The Hall–Kier alpha value is -2.27. The predicted molar refractivity (Wildman–Crippen MR) is 81.4 cm³/mol. The first kappa shape index (κ1) is 15.1. The van der Waals surface area contributed by atoms with Crippen molar-refractivity contribution in [3.8, 4) is 5.75 Å². The van der Waals surface area contributed by atoms with Crippen molar-refractivity contribution in [1.29, 1.82) is 0 Å². The van der Waals surface area contributed by atoms with Gasteiger partial charge in [0, 0.05) is 5.02 Å². The topological polar surface area (TPSA) is 64.3 Å². The van der Waals surface area contributed by atoms with Gasteiger partial charge in [0.05, 0.1) is 23.5 Å². The van der Waals surface area contributed by atoms with Gasteiger partial charge in [-0.2, -0.15) is 0 Å². The Morgan fingerprint density at radius 3 is 2.81 bits per heavy atom. The lowest BCUT2D eigenvalue weighted by Crippen LogP contribution is -2.15. The molecule has 0 fully saturated rings. The molecule has 0 radical (unpaired) electrons. The molecular weight excluding hydrogens is 295 g/mol. The Bertz CT molecular complexity index is 677. The van der Waals surface area contributed by atoms with Crippen LogP contribution in [-0.4, -0.2) is 12.5 Å². The maximum Gasteiger partial charge on any atom is 0.259 e. The van der Waals surface area contributed by atoms with Gasteiger partial charge >= 0.3 is 0 Å². The number of nitrogen functional groups attached to an aromatic ring is 1. The summed E-state index contributed by atoms with van der Waals surface area (Å²) in [5.41, 5.74) is 6.42. The highest BCUT2D eigenvalue weighted by atomic mass is 35.5. The zero-order valence-corrected chi connectivity index (χ0v) is 12.1. The summed E-state index contributed by atoms with van der Waals surface area (Å²) in [5.74, 6) is -0.837. The summed E-state index contributed by atoms with van der Waals surface area (Å²) in [6.45, 7) is 2.15. The Kier molecular flexibility index (Phi) is 4.65. The zero-order chi connectivity index (χ0) is 15.4.